The summed E-state index contributed by atoms with van der Waals surface area (Å²) in [6.07, 6.45) is 0. The summed E-state index contributed by atoms with van der Waals surface area (Å²) in [5.41, 5.74) is 0.125. The normalized spacial score (nSPS) is 11.8. The molecule has 1 aromatic carbocycles. The summed E-state index contributed by atoms with van der Waals surface area (Å²) >= 11 is 1.29. The molecule has 0 bridgehead atoms. The van der Waals surface area contributed by atoms with Crippen molar-refractivity contribution in [1.29, 1.82) is 0 Å². The van der Waals surface area contributed by atoms with E-state index in [4.69, 9.17) is 9.84 Å². The van der Waals surface area contributed by atoms with Crippen molar-refractivity contribution in [1.82, 2.24) is 0 Å². The molecule has 7 nitrogen and oxygen atoms in total. The number of carbonyl (C=O) groups is 1. The quantitative estimate of drug-likeness (QED) is 0.586. The van der Waals surface area contributed by atoms with Gasteiger partial charge in [0.15, 0.2) is 0 Å². The number of nitrogens with zero attached hydrogens (tertiary/aromatic N) is 1. The Morgan fingerprint density at radius 1 is 1.60 bits per heavy atom. The van der Waals surface area contributed by atoms with Gasteiger partial charge >= 0.3 is 0 Å². The Balaban J connectivity index is 2.86. The summed E-state index contributed by atoms with van der Waals surface area (Å²) in [4.78, 5) is 22.1. The molecule has 0 aromatic heterocycles. The van der Waals surface area contributed by atoms with E-state index in [2.05, 4.69) is 5.32 Å². The number of benzene rings is 1. The van der Waals surface area contributed by atoms with Gasteiger partial charge in [-0.1, -0.05) is 0 Å². The molecule has 0 aliphatic heterocycles. The fourth-order valence-electron chi connectivity index (χ4n) is 1.45. The first-order valence-electron chi connectivity index (χ1n) is 5.85. The highest BCUT2D eigenvalue weighted by Crippen LogP contribution is 2.29. The molecular formula is C12H16N2O5S. The third kappa shape index (κ3) is 4.39. The van der Waals surface area contributed by atoms with E-state index < -0.39 is 4.92 Å². The number of aliphatic hydroxyl groups is 1. The maximum Gasteiger partial charge on any atom is 0.271 e. The van der Waals surface area contributed by atoms with Crippen LogP contribution in [0.25, 0.3) is 0 Å². The van der Waals surface area contributed by atoms with Crippen LogP contribution in [0.2, 0.25) is 0 Å². The largest absolute Gasteiger partial charge is 0.495 e. The lowest BCUT2D eigenvalue weighted by Gasteiger charge is -2.13. The Morgan fingerprint density at radius 2 is 2.30 bits per heavy atom. The molecule has 0 spiro atoms. The number of nitro benzene ring substituents is 1. The van der Waals surface area contributed by atoms with Gasteiger partial charge in [-0.2, -0.15) is 0 Å². The Labute approximate surface area is 120 Å². The lowest BCUT2D eigenvalue weighted by atomic mass is 10.2. The summed E-state index contributed by atoms with van der Waals surface area (Å²) in [5, 5.41) is 21.7. The van der Waals surface area contributed by atoms with Crippen molar-refractivity contribution in [2.75, 3.05) is 24.8 Å². The molecule has 0 saturated carbocycles. The summed E-state index contributed by atoms with van der Waals surface area (Å²) < 4.78 is 5.06. The highest BCUT2D eigenvalue weighted by Gasteiger charge is 2.17. The molecule has 1 amide bonds. The highest BCUT2D eigenvalue weighted by atomic mass is 32.2. The smallest absolute Gasteiger partial charge is 0.271 e. The minimum atomic E-state index is -0.543. The SMILES string of the molecule is COc1ccc([N+](=O)[O-])cc1NC(=O)[C@@H](C)SCCO. The Kier molecular flexibility index (Phi) is 6.26. The number of anilines is 1. The molecule has 1 rings (SSSR count). The lowest BCUT2D eigenvalue weighted by molar-refractivity contribution is -0.384. The van der Waals surface area contributed by atoms with Crippen LogP contribution in [-0.2, 0) is 4.79 Å². The molecule has 0 aliphatic rings. The lowest BCUT2D eigenvalue weighted by Crippen LogP contribution is -2.23. The minimum absolute atomic E-state index is 0.0115. The number of methoxy groups -OCH3 is 1. The van der Waals surface area contributed by atoms with Gasteiger partial charge in [-0.25, -0.2) is 0 Å². The van der Waals surface area contributed by atoms with E-state index in [1.54, 1.807) is 6.92 Å². The molecular weight excluding hydrogens is 284 g/mol. The van der Waals surface area contributed by atoms with Crippen molar-refractivity contribution in [3.8, 4) is 5.75 Å². The predicted octanol–water partition coefficient (Wildman–Crippen LogP) is 1.66. The van der Waals surface area contributed by atoms with Crippen molar-refractivity contribution in [2.24, 2.45) is 0 Å². The number of amides is 1. The zero-order chi connectivity index (χ0) is 15.1. The number of hydrogen-bond donors (Lipinski definition) is 2. The number of hydrogen-bond acceptors (Lipinski definition) is 6. The first-order valence-corrected chi connectivity index (χ1v) is 6.90. The van der Waals surface area contributed by atoms with Gasteiger partial charge in [0.25, 0.3) is 5.69 Å². The van der Waals surface area contributed by atoms with Crippen molar-refractivity contribution in [3.63, 3.8) is 0 Å². The molecule has 0 radical (unpaired) electrons. The van der Waals surface area contributed by atoms with E-state index in [1.807, 2.05) is 0 Å². The molecule has 1 aromatic rings. The van der Waals surface area contributed by atoms with Crippen LogP contribution in [-0.4, -0.2) is 40.7 Å². The molecule has 1 atom stereocenters. The Hall–Kier alpha value is -1.80. The van der Waals surface area contributed by atoms with E-state index in [1.165, 1.54) is 37.1 Å². The van der Waals surface area contributed by atoms with Gasteiger partial charge in [0.1, 0.15) is 5.75 Å². The number of thioether (sulfide) groups is 1. The van der Waals surface area contributed by atoms with Gasteiger partial charge < -0.3 is 15.2 Å². The van der Waals surface area contributed by atoms with Crippen LogP contribution in [0, 0.1) is 10.1 Å². The van der Waals surface area contributed by atoms with Crippen LogP contribution in [0.5, 0.6) is 5.75 Å². The molecule has 0 saturated heterocycles. The molecule has 110 valence electrons. The average molecular weight is 300 g/mol. The van der Waals surface area contributed by atoms with E-state index >= 15 is 0 Å². The average Bonchev–Trinajstić information content (AvgIpc) is 2.44. The maximum absolute atomic E-state index is 11.9. The summed E-state index contributed by atoms with van der Waals surface area (Å²) in [7, 11) is 1.42. The fourth-order valence-corrected chi connectivity index (χ4v) is 2.12. The first kappa shape index (κ1) is 16.3. The van der Waals surface area contributed by atoms with Crippen molar-refractivity contribution in [3.05, 3.63) is 28.3 Å². The Bertz CT molecular complexity index is 495. The zero-order valence-corrected chi connectivity index (χ0v) is 12.0. The number of carbonyl (C=O) groups excluding carboxylic acids is 1. The fraction of sp³-hybridized carbons (Fsp3) is 0.417. The second-order valence-corrected chi connectivity index (χ2v) is 5.32. The molecule has 0 unspecified atom stereocenters. The van der Waals surface area contributed by atoms with Gasteiger partial charge in [0.05, 0.1) is 29.6 Å². The molecule has 0 aliphatic carbocycles. The topological polar surface area (TPSA) is 102 Å². The molecule has 20 heavy (non-hydrogen) atoms. The van der Waals surface area contributed by atoms with Gasteiger partial charge in [0.2, 0.25) is 5.91 Å². The number of nitro groups is 1. The summed E-state index contributed by atoms with van der Waals surface area (Å²) in [6, 6.07) is 3.98. The number of non-ortho nitro benzene ring substituents is 1. The van der Waals surface area contributed by atoms with Crippen molar-refractivity contribution >= 4 is 29.0 Å². The van der Waals surface area contributed by atoms with Crippen molar-refractivity contribution in [2.45, 2.75) is 12.2 Å². The maximum atomic E-state index is 11.9. The number of ether oxygens (including phenoxy) is 1. The summed E-state index contributed by atoms with van der Waals surface area (Å²) in [5.74, 6) is 0.492. The second-order valence-electron chi connectivity index (χ2n) is 3.87. The van der Waals surface area contributed by atoms with Crippen LogP contribution in [0.3, 0.4) is 0 Å². The minimum Gasteiger partial charge on any atom is -0.495 e. The van der Waals surface area contributed by atoms with Crippen LogP contribution in [0.4, 0.5) is 11.4 Å². The van der Waals surface area contributed by atoms with Crippen LogP contribution >= 0.6 is 11.8 Å². The molecule has 8 heteroatoms. The Morgan fingerprint density at radius 3 is 2.85 bits per heavy atom. The van der Waals surface area contributed by atoms with Crippen molar-refractivity contribution < 1.29 is 19.6 Å². The number of aliphatic hydroxyl groups excluding tert-OH is 1. The van der Waals surface area contributed by atoms with Gasteiger partial charge in [-0.15, -0.1) is 11.8 Å². The number of nitrogens with one attached hydrogen (secondary N) is 1. The monoisotopic (exact) mass is 300 g/mol. The van der Waals surface area contributed by atoms with Crippen LogP contribution in [0.15, 0.2) is 18.2 Å². The number of rotatable bonds is 7. The van der Waals surface area contributed by atoms with E-state index in [0.29, 0.717) is 11.5 Å². The molecule has 2 N–H and O–H groups in total. The van der Waals surface area contributed by atoms with E-state index in [0.717, 1.165) is 0 Å². The third-order valence-corrected chi connectivity index (χ3v) is 3.61. The third-order valence-electron chi connectivity index (χ3n) is 2.48. The highest BCUT2D eigenvalue weighted by molar-refractivity contribution is 8.00. The van der Waals surface area contributed by atoms with E-state index in [-0.39, 0.29) is 29.1 Å². The predicted molar refractivity (Wildman–Crippen MR) is 77.3 cm³/mol. The molecule has 0 heterocycles. The molecule has 0 fully saturated rings. The first-order chi connectivity index (χ1) is 9.49. The zero-order valence-electron chi connectivity index (χ0n) is 11.2. The van der Waals surface area contributed by atoms with E-state index in [9.17, 15) is 14.9 Å². The van der Waals surface area contributed by atoms with Crippen LogP contribution < -0.4 is 10.1 Å². The van der Waals surface area contributed by atoms with Crippen LogP contribution in [0.1, 0.15) is 6.92 Å². The van der Waals surface area contributed by atoms with Gasteiger partial charge in [-0.3, -0.25) is 14.9 Å². The van der Waals surface area contributed by atoms with Gasteiger partial charge in [0, 0.05) is 17.9 Å². The summed E-state index contributed by atoms with van der Waals surface area (Å²) in [6.45, 7) is 1.68. The standard InChI is InChI=1S/C12H16N2O5S/c1-8(20-6-5-15)12(16)13-10-7-9(14(17)18)3-4-11(10)19-2/h3-4,7-8,15H,5-6H2,1-2H3,(H,13,16)/t8-/m1/s1. The second kappa shape index (κ2) is 7.71. The van der Waals surface area contributed by atoms with Gasteiger partial charge in [-0.05, 0) is 13.0 Å².